The minimum atomic E-state index is -0.968. The molecule has 25 heteroatoms. The van der Waals surface area contributed by atoms with E-state index in [0.29, 0.717) is 58.1 Å². The summed E-state index contributed by atoms with van der Waals surface area (Å²) in [5.41, 5.74) is 24.8. The minimum absolute atomic E-state index is 0. The van der Waals surface area contributed by atoms with E-state index in [4.69, 9.17) is 43.1 Å². The molecule has 0 bridgehead atoms. The van der Waals surface area contributed by atoms with E-state index in [1.807, 2.05) is 6.92 Å². The number of hydrogen-bond acceptors (Lipinski definition) is 21. The fraction of sp³-hybridized carbons (Fsp3) is 0.789. The second-order valence-electron chi connectivity index (χ2n) is 13.9. The van der Waals surface area contributed by atoms with Crippen LogP contribution in [0.1, 0.15) is 84.0 Å². The lowest BCUT2D eigenvalue weighted by atomic mass is 10.1. The van der Waals surface area contributed by atoms with Gasteiger partial charge in [-0.15, -0.1) is 0 Å². The van der Waals surface area contributed by atoms with Crippen LogP contribution in [0.15, 0.2) is 17.3 Å². The molecule has 0 aliphatic carbocycles. The van der Waals surface area contributed by atoms with Crippen LogP contribution in [0.4, 0.5) is 0 Å². The van der Waals surface area contributed by atoms with Gasteiger partial charge in [-0.05, 0) is 77.9 Å². The third kappa shape index (κ3) is 30.5. The number of unbranched alkanes of at least 4 members (excludes halogenated alkanes) is 3. The molecule has 3 heterocycles. The lowest BCUT2D eigenvalue weighted by Crippen LogP contribution is -2.52. The maximum atomic E-state index is 11.2. The number of rotatable bonds is 27. The number of nitrogens with one attached hydrogen (secondary N) is 3. The molecular formula is C38H78BN9O15. The molecule has 2 radical (unpaired) electrons. The van der Waals surface area contributed by atoms with E-state index in [1.54, 1.807) is 18.2 Å². The van der Waals surface area contributed by atoms with Gasteiger partial charge in [0.25, 0.3) is 14.0 Å². The number of hydrazine groups is 2. The van der Waals surface area contributed by atoms with Gasteiger partial charge in [0.15, 0.2) is 14.0 Å². The maximum Gasteiger partial charge on any atom is 0.277 e. The van der Waals surface area contributed by atoms with Gasteiger partial charge in [0.05, 0.1) is 30.8 Å². The van der Waals surface area contributed by atoms with Crippen LogP contribution in [0, 0.1) is 0 Å². The van der Waals surface area contributed by atoms with Crippen LogP contribution in [-0.2, 0) is 42.9 Å². The van der Waals surface area contributed by atoms with Crippen LogP contribution in [0.5, 0.6) is 0 Å². The second-order valence-corrected chi connectivity index (χ2v) is 13.9. The summed E-state index contributed by atoms with van der Waals surface area (Å²) in [5.74, 6) is -0.0966. The standard InChI is InChI=1S/C12H25N3O3.C11H21N3O3.C10H17N3O2.C5H10O4.BHO.2H2O/c1-9-7-11(18-2)12(17)15(9)14-10(8-16)5-3-4-6-13;1-17-11(9-16)5-7-13-14-10(8-15)4-2-3-6-12;11-6-2-1-4-9(8-14)12-13-7-3-5-10(13)15;1-8-3-2-4(6)9-5(3)7;1-2;;/h8-12,14,17H,3-7,13H2,1-2H3;7-11,14H,2-6,12H2,1H3;3,5,8-9,12H,1-2,4,6-7,11H2;3-7H,2H2,1H3;2H;2*1H2/t9?,10-,11+,12?;10-,11+;9-;3-,4?,5?;;;/m0001.../s1/i;;;;2D;;. The number of hydrogen-bond donors (Lipinski definition) is 10. The first-order chi connectivity index (χ1) is 29.8. The number of ether oxygens (including phenoxy) is 4. The molecule has 0 spiro atoms. The number of nitrogens with two attached hydrogens (primary N) is 3. The number of carbonyl (C=O) groups is 5. The number of aldehydes is 4. The Morgan fingerprint density at radius 3 is 1.73 bits per heavy atom. The van der Waals surface area contributed by atoms with Gasteiger partial charge in [-0.25, -0.2) is 15.9 Å². The average molecular weight is 913 g/mol. The highest BCUT2D eigenvalue weighted by Crippen LogP contribution is 2.23. The van der Waals surface area contributed by atoms with Gasteiger partial charge in [-0.2, -0.15) is 5.10 Å². The Morgan fingerprint density at radius 2 is 1.37 bits per heavy atom. The number of hydrazone groups is 1. The highest BCUT2D eigenvalue weighted by molar-refractivity contribution is 5.95. The molecule has 2 fully saturated rings. The highest BCUT2D eigenvalue weighted by atomic mass is 16.7. The van der Waals surface area contributed by atoms with E-state index in [2.05, 4.69) is 39.2 Å². The van der Waals surface area contributed by atoms with E-state index in [1.165, 1.54) is 31.5 Å². The van der Waals surface area contributed by atoms with Crippen molar-refractivity contribution in [2.75, 3.05) is 47.5 Å². The fourth-order valence-electron chi connectivity index (χ4n) is 5.74. The number of amides is 1. The van der Waals surface area contributed by atoms with Gasteiger partial charge in [0.1, 0.15) is 43.6 Å². The molecule has 10 atom stereocenters. The molecule has 1 amide bonds. The summed E-state index contributed by atoms with van der Waals surface area (Å²) in [5, 5.41) is 37.7. The van der Waals surface area contributed by atoms with Crippen LogP contribution in [0.3, 0.4) is 0 Å². The van der Waals surface area contributed by atoms with Crippen molar-refractivity contribution in [2.45, 2.75) is 145 Å². The van der Waals surface area contributed by atoms with Crippen LogP contribution >= 0.6 is 0 Å². The molecule has 368 valence electrons. The summed E-state index contributed by atoms with van der Waals surface area (Å²) in [6.45, 7) is 4.43. The van der Waals surface area contributed by atoms with Crippen molar-refractivity contribution in [3.63, 3.8) is 0 Å². The van der Waals surface area contributed by atoms with Gasteiger partial charge < -0.3 is 92.1 Å². The summed E-state index contributed by atoms with van der Waals surface area (Å²) >= 11 is 0. The first-order valence-corrected chi connectivity index (χ1v) is 20.4. The Bertz CT molecular complexity index is 1210. The van der Waals surface area contributed by atoms with E-state index >= 15 is 0 Å². The maximum absolute atomic E-state index is 11.2. The largest absolute Gasteiger partial charge is 0.461 e. The molecule has 3 rings (SSSR count). The smallest absolute Gasteiger partial charge is 0.277 e. The number of aliphatic hydroxyl groups excluding tert-OH is 3. The van der Waals surface area contributed by atoms with Crippen LogP contribution in [0.2, 0.25) is 0 Å². The van der Waals surface area contributed by atoms with Gasteiger partial charge in [0, 0.05) is 52.5 Å². The van der Waals surface area contributed by atoms with Crippen molar-refractivity contribution >= 4 is 45.3 Å². The number of aliphatic hydroxyl groups is 3. The first kappa shape index (κ1) is 64.1. The van der Waals surface area contributed by atoms with Crippen molar-refractivity contribution in [3.8, 4) is 0 Å². The van der Waals surface area contributed by atoms with E-state index in [9.17, 15) is 29.1 Å². The lowest BCUT2D eigenvalue weighted by Gasteiger charge is -2.29. The second kappa shape index (κ2) is 44.0. The zero-order valence-corrected chi connectivity index (χ0v) is 37.2. The molecule has 0 saturated carbocycles. The number of methoxy groups -OCH3 is 3. The molecule has 63 heavy (non-hydrogen) atoms. The van der Waals surface area contributed by atoms with Crippen molar-refractivity contribution in [2.24, 2.45) is 22.3 Å². The Labute approximate surface area is 374 Å². The lowest BCUT2D eigenvalue weighted by molar-refractivity contribution is -0.178. The molecule has 2 saturated heterocycles. The van der Waals surface area contributed by atoms with Crippen molar-refractivity contribution in [1.29, 1.82) is 1.43 Å². The highest BCUT2D eigenvalue weighted by Gasteiger charge is 2.39. The Kier molecular flexibility index (Phi) is 44.8. The third-order valence-electron chi connectivity index (χ3n) is 9.30. The number of carbonyl (C=O) groups excluding carboxylic acids is 5. The summed E-state index contributed by atoms with van der Waals surface area (Å²) in [4.78, 5) is 54.1. The summed E-state index contributed by atoms with van der Waals surface area (Å²) in [6, 6.07) is -0.721. The van der Waals surface area contributed by atoms with Gasteiger partial charge in [-0.1, -0.05) is 18.9 Å². The summed E-state index contributed by atoms with van der Waals surface area (Å²) in [7, 11) is 8.53. The molecule has 3 aliphatic heterocycles. The van der Waals surface area contributed by atoms with Crippen molar-refractivity contribution < 1.29 is 74.2 Å². The molecule has 0 aromatic heterocycles. The molecule has 3 aliphatic rings. The molecule has 17 N–H and O–H groups in total. The third-order valence-corrected chi connectivity index (χ3v) is 9.30. The Hall–Kier alpha value is -3.22. The zero-order valence-electron chi connectivity index (χ0n) is 38.2. The van der Waals surface area contributed by atoms with Crippen LogP contribution < -0.4 is 33.5 Å². The quantitative estimate of drug-likeness (QED) is 0.0122. The molecule has 24 nitrogen and oxygen atoms in total. The van der Waals surface area contributed by atoms with Gasteiger partial charge in [-0.3, -0.25) is 9.80 Å². The van der Waals surface area contributed by atoms with Crippen LogP contribution in [0.25, 0.3) is 0 Å². The van der Waals surface area contributed by atoms with E-state index in [0.717, 1.165) is 70.2 Å². The van der Waals surface area contributed by atoms with Crippen molar-refractivity contribution in [1.82, 2.24) is 26.3 Å². The minimum Gasteiger partial charge on any atom is -0.461 e. The zero-order chi connectivity index (χ0) is 47.1. The Morgan fingerprint density at radius 1 is 0.857 bits per heavy atom. The topological polar surface area (TPSA) is 399 Å². The monoisotopic (exact) mass is 913 g/mol. The molecule has 4 unspecified atom stereocenters. The molecule has 0 aromatic carbocycles. The van der Waals surface area contributed by atoms with E-state index in [-0.39, 0.29) is 53.2 Å². The fourth-order valence-corrected chi connectivity index (χ4v) is 5.74. The predicted molar refractivity (Wildman–Crippen MR) is 235 cm³/mol. The van der Waals surface area contributed by atoms with Crippen LogP contribution in [-0.4, -0.2) is 197 Å². The number of nitrogens with zero attached hydrogens (tertiary/aromatic N) is 3. The average Bonchev–Trinajstić information content (AvgIpc) is 3.93. The van der Waals surface area contributed by atoms with E-state index < -0.39 is 24.9 Å². The molecule has 0 aromatic rings. The predicted octanol–water partition coefficient (Wildman–Crippen LogP) is -4.47. The first-order valence-electron chi connectivity index (χ1n) is 20.8. The van der Waals surface area contributed by atoms with Gasteiger partial charge >= 0.3 is 0 Å². The van der Waals surface area contributed by atoms with Gasteiger partial charge in [0.2, 0.25) is 0 Å². The summed E-state index contributed by atoms with van der Waals surface area (Å²) < 4.78 is 24.8. The van der Waals surface area contributed by atoms with Crippen molar-refractivity contribution in [3.05, 3.63) is 12.2 Å². The molecular weight excluding hydrogens is 833 g/mol. The normalized spacial score (nSPS) is 23.2. The SMILES string of the molecule is CO[C@@H](C=O)CC=NN[C@H](C=O)CCCCN.CO[C@@H]1CC(C)N(N[C@H](C=O)CCCCN)C1O.CO[C@@H]1CC(O)OC1O.NCCCC[C@@H](C=O)NN1CC=CC1=O.O.O.[2H]O[B]. The Balaban J connectivity index is -0.000000370. The summed E-state index contributed by atoms with van der Waals surface area (Å²) in [6.07, 6.45) is 13.5.